The average molecular weight is 363 g/mol. The molecule has 2 heterocycles. The molecule has 6 nitrogen and oxygen atoms in total. The second kappa shape index (κ2) is 8.24. The number of nitriles is 1. The molecule has 2 aliphatic rings. The van der Waals surface area contributed by atoms with E-state index in [1.807, 2.05) is 6.07 Å². The minimum Gasteiger partial charge on any atom is -0.489 e. The number of hydrogen-bond acceptors (Lipinski definition) is 5. The SMILES string of the molecule is N#C/C(=C\c1cc(Cl)c2c(c1)OCCCO2)C(=O)NC[C@H]1CCCO1. The summed E-state index contributed by atoms with van der Waals surface area (Å²) >= 11 is 6.24. The van der Waals surface area contributed by atoms with Gasteiger partial charge in [-0.15, -0.1) is 0 Å². The van der Waals surface area contributed by atoms with Crippen LogP contribution in [-0.2, 0) is 9.53 Å². The van der Waals surface area contributed by atoms with Gasteiger partial charge in [0.1, 0.15) is 11.6 Å². The monoisotopic (exact) mass is 362 g/mol. The summed E-state index contributed by atoms with van der Waals surface area (Å²) in [5, 5.41) is 12.4. The van der Waals surface area contributed by atoms with Gasteiger partial charge in [-0.2, -0.15) is 5.26 Å². The summed E-state index contributed by atoms with van der Waals surface area (Å²) < 4.78 is 16.7. The zero-order chi connectivity index (χ0) is 17.6. The number of benzene rings is 1. The fraction of sp³-hybridized carbons (Fsp3) is 0.444. The number of nitrogens with one attached hydrogen (secondary N) is 1. The lowest BCUT2D eigenvalue weighted by molar-refractivity contribution is -0.117. The average Bonchev–Trinajstić information content (AvgIpc) is 3.01. The molecule has 1 saturated heterocycles. The van der Waals surface area contributed by atoms with Gasteiger partial charge in [0, 0.05) is 19.6 Å². The Morgan fingerprint density at radius 1 is 1.32 bits per heavy atom. The summed E-state index contributed by atoms with van der Waals surface area (Å²) in [6.45, 7) is 2.19. The van der Waals surface area contributed by atoms with Crippen LogP contribution in [0.15, 0.2) is 17.7 Å². The van der Waals surface area contributed by atoms with E-state index in [1.165, 1.54) is 6.08 Å². The van der Waals surface area contributed by atoms with E-state index >= 15 is 0 Å². The number of nitrogens with zero attached hydrogens (tertiary/aromatic N) is 1. The Bertz CT molecular complexity index is 721. The quantitative estimate of drug-likeness (QED) is 0.658. The molecule has 2 aliphatic heterocycles. The Labute approximate surface area is 151 Å². The first kappa shape index (κ1) is 17.6. The zero-order valence-corrected chi connectivity index (χ0v) is 14.5. The topological polar surface area (TPSA) is 80.6 Å². The van der Waals surface area contributed by atoms with Crippen LogP contribution in [0.3, 0.4) is 0 Å². The molecule has 1 atom stereocenters. The van der Waals surface area contributed by atoms with Crippen LogP contribution in [0.25, 0.3) is 6.08 Å². The number of hydrogen-bond donors (Lipinski definition) is 1. The summed E-state index contributed by atoms with van der Waals surface area (Å²) in [4.78, 5) is 12.2. The van der Waals surface area contributed by atoms with Crippen molar-refractivity contribution in [3.63, 3.8) is 0 Å². The Kier molecular flexibility index (Phi) is 5.79. The van der Waals surface area contributed by atoms with Gasteiger partial charge in [-0.05, 0) is 36.6 Å². The Hall–Kier alpha value is -2.23. The summed E-state index contributed by atoms with van der Waals surface area (Å²) in [6.07, 6.45) is 4.20. The predicted molar refractivity (Wildman–Crippen MR) is 92.6 cm³/mol. The van der Waals surface area contributed by atoms with Gasteiger partial charge in [0.2, 0.25) is 0 Å². The van der Waals surface area contributed by atoms with Crippen molar-refractivity contribution in [2.75, 3.05) is 26.4 Å². The minimum absolute atomic E-state index is 0.00329. The fourth-order valence-electron chi connectivity index (χ4n) is 2.76. The molecule has 0 radical (unpaired) electrons. The number of carbonyl (C=O) groups is 1. The van der Waals surface area contributed by atoms with Crippen molar-refractivity contribution in [3.05, 3.63) is 28.3 Å². The molecular weight excluding hydrogens is 344 g/mol. The Morgan fingerprint density at radius 3 is 2.92 bits per heavy atom. The van der Waals surface area contributed by atoms with Crippen LogP contribution in [0.2, 0.25) is 5.02 Å². The normalized spacial score (nSPS) is 19.8. The van der Waals surface area contributed by atoms with Gasteiger partial charge in [0.05, 0.1) is 24.3 Å². The largest absolute Gasteiger partial charge is 0.489 e. The van der Waals surface area contributed by atoms with Crippen LogP contribution in [0.4, 0.5) is 0 Å². The van der Waals surface area contributed by atoms with Crippen molar-refractivity contribution in [1.29, 1.82) is 5.26 Å². The van der Waals surface area contributed by atoms with E-state index < -0.39 is 5.91 Å². The highest BCUT2D eigenvalue weighted by molar-refractivity contribution is 6.32. The molecule has 0 unspecified atom stereocenters. The van der Waals surface area contributed by atoms with Gasteiger partial charge >= 0.3 is 0 Å². The summed E-state index contributed by atoms with van der Waals surface area (Å²) in [5.74, 6) is 0.590. The minimum atomic E-state index is -0.429. The van der Waals surface area contributed by atoms with Crippen LogP contribution in [-0.4, -0.2) is 38.4 Å². The number of fused-ring (bicyclic) bond motifs is 1. The van der Waals surface area contributed by atoms with Crippen molar-refractivity contribution >= 4 is 23.6 Å². The van der Waals surface area contributed by atoms with E-state index in [0.29, 0.717) is 41.8 Å². The third kappa shape index (κ3) is 4.44. The molecule has 3 rings (SSSR count). The molecule has 1 aromatic carbocycles. The van der Waals surface area contributed by atoms with Crippen molar-refractivity contribution in [1.82, 2.24) is 5.32 Å². The lowest BCUT2D eigenvalue weighted by atomic mass is 10.1. The van der Waals surface area contributed by atoms with Gasteiger partial charge in [-0.1, -0.05) is 11.6 Å². The molecule has 0 saturated carbocycles. The van der Waals surface area contributed by atoms with Gasteiger partial charge in [-0.3, -0.25) is 4.79 Å². The van der Waals surface area contributed by atoms with Gasteiger partial charge in [0.25, 0.3) is 5.91 Å². The lowest BCUT2D eigenvalue weighted by Crippen LogP contribution is -2.32. The number of rotatable bonds is 4. The molecular formula is C18H19ClN2O4. The summed E-state index contributed by atoms with van der Waals surface area (Å²) in [5.41, 5.74) is 0.613. The maximum atomic E-state index is 12.2. The highest BCUT2D eigenvalue weighted by Gasteiger charge is 2.19. The maximum absolute atomic E-state index is 12.2. The van der Waals surface area contributed by atoms with E-state index in [9.17, 15) is 10.1 Å². The highest BCUT2D eigenvalue weighted by Crippen LogP contribution is 2.38. The first-order valence-electron chi connectivity index (χ1n) is 8.28. The second-order valence-electron chi connectivity index (χ2n) is 5.90. The fourth-order valence-corrected chi connectivity index (χ4v) is 3.03. The van der Waals surface area contributed by atoms with Crippen molar-refractivity contribution in [2.45, 2.75) is 25.4 Å². The van der Waals surface area contributed by atoms with E-state index in [0.717, 1.165) is 25.9 Å². The standard InChI is InChI=1S/C18H19ClN2O4/c19-15-8-12(9-16-17(15)25-6-2-5-24-16)7-13(10-20)18(22)21-11-14-3-1-4-23-14/h7-9,14H,1-6,11H2,(H,21,22)/b13-7+/t14-/m1/s1. The number of carbonyl (C=O) groups excluding carboxylic acids is 1. The van der Waals surface area contributed by atoms with E-state index in [-0.39, 0.29) is 11.7 Å². The predicted octanol–water partition coefficient (Wildman–Crippen LogP) is 2.70. The van der Waals surface area contributed by atoms with Crippen LogP contribution in [0.5, 0.6) is 11.5 Å². The molecule has 0 aromatic heterocycles. The number of amides is 1. The molecule has 0 spiro atoms. The molecule has 1 aromatic rings. The van der Waals surface area contributed by atoms with Crippen LogP contribution < -0.4 is 14.8 Å². The van der Waals surface area contributed by atoms with Crippen molar-refractivity contribution < 1.29 is 19.0 Å². The Morgan fingerprint density at radius 2 is 2.16 bits per heavy atom. The Balaban J connectivity index is 1.75. The maximum Gasteiger partial charge on any atom is 0.262 e. The van der Waals surface area contributed by atoms with Gasteiger partial charge in [0.15, 0.2) is 11.5 Å². The summed E-state index contributed by atoms with van der Waals surface area (Å²) in [7, 11) is 0. The molecule has 0 bridgehead atoms. The van der Waals surface area contributed by atoms with Crippen LogP contribution in [0.1, 0.15) is 24.8 Å². The van der Waals surface area contributed by atoms with Crippen LogP contribution in [0, 0.1) is 11.3 Å². The molecule has 0 aliphatic carbocycles. The number of halogens is 1. The number of ether oxygens (including phenoxy) is 3. The van der Waals surface area contributed by atoms with Gasteiger partial charge < -0.3 is 19.5 Å². The van der Waals surface area contributed by atoms with Crippen molar-refractivity contribution in [3.8, 4) is 17.6 Å². The summed E-state index contributed by atoms with van der Waals surface area (Å²) in [6, 6.07) is 5.30. The second-order valence-corrected chi connectivity index (χ2v) is 6.30. The first-order chi connectivity index (χ1) is 12.2. The third-order valence-electron chi connectivity index (χ3n) is 4.01. The first-order valence-corrected chi connectivity index (χ1v) is 8.66. The smallest absolute Gasteiger partial charge is 0.262 e. The molecule has 1 N–H and O–H groups in total. The zero-order valence-electron chi connectivity index (χ0n) is 13.7. The lowest BCUT2D eigenvalue weighted by Gasteiger charge is -2.11. The van der Waals surface area contributed by atoms with Gasteiger partial charge in [-0.25, -0.2) is 0 Å². The molecule has 1 amide bonds. The van der Waals surface area contributed by atoms with E-state index in [4.69, 9.17) is 25.8 Å². The van der Waals surface area contributed by atoms with Crippen LogP contribution >= 0.6 is 11.6 Å². The molecule has 1 fully saturated rings. The third-order valence-corrected chi connectivity index (χ3v) is 4.30. The molecule has 25 heavy (non-hydrogen) atoms. The molecule has 132 valence electrons. The van der Waals surface area contributed by atoms with Crippen molar-refractivity contribution in [2.24, 2.45) is 0 Å². The highest BCUT2D eigenvalue weighted by atomic mass is 35.5. The van der Waals surface area contributed by atoms with E-state index in [2.05, 4.69) is 5.32 Å². The molecule has 7 heteroatoms. The van der Waals surface area contributed by atoms with E-state index in [1.54, 1.807) is 12.1 Å².